The van der Waals surface area contributed by atoms with Crippen LogP contribution in [0.5, 0.6) is 0 Å². The summed E-state index contributed by atoms with van der Waals surface area (Å²) in [6, 6.07) is 7.08. The smallest absolute Gasteiger partial charge is 0.328 e. The van der Waals surface area contributed by atoms with E-state index in [9.17, 15) is 9.90 Å². The number of fused-ring (bicyclic) bond motifs is 1. The van der Waals surface area contributed by atoms with E-state index < -0.39 is 12.0 Å². The highest BCUT2D eigenvalue weighted by molar-refractivity contribution is 5.81. The van der Waals surface area contributed by atoms with Gasteiger partial charge in [0.1, 0.15) is 6.04 Å². The third-order valence-corrected chi connectivity index (χ3v) is 2.65. The molecule has 0 saturated heterocycles. The van der Waals surface area contributed by atoms with Crippen LogP contribution in [0.2, 0.25) is 0 Å². The highest BCUT2D eigenvalue weighted by Gasteiger charge is 2.20. The minimum atomic E-state index is -0.823. The van der Waals surface area contributed by atoms with Gasteiger partial charge in [0.2, 0.25) is 0 Å². The Kier molecular flexibility index (Phi) is 2.90. The van der Waals surface area contributed by atoms with E-state index >= 15 is 0 Å². The van der Waals surface area contributed by atoms with Gasteiger partial charge in [-0.1, -0.05) is 31.5 Å². The van der Waals surface area contributed by atoms with E-state index in [1.807, 2.05) is 31.2 Å². The molecule has 4 nitrogen and oxygen atoms in total. The van der Waals surface area contributed by atoms with Gasteiger partial charge < -0.3 is 5.11 Å². The zero-order chi connectivity index (χ0) is 11.5. The number of rotatable bonds is 4. The van der Waals surface area contributed by atoms with Crippen LogP contribution in [-0.2, 0) is 4.79 Å². The van der Waals surface area contributed by atoms with Gasteiger partial charge in [-0.2, -0.15) is 5.10 Å². The molecule has 2 rings (SSSR count). The molecule has 0 spiro atoms. The third-order valence-electron chi connectivity index (χ3n) is 2.65. The highest BCUT2D eigenvalue weighted by atomic mass is 16.4. The van der Waals surface area contributed by atoms with Crippen molar-refractivity contribution in [1.29, 1.82) is 0 Å². The van der Waals surface area contributed by atoms with E-state index in [-0.39, 0.29) is 0 Å². The highest BCUT2D eigenvalue weighted by Crippen LogP contribution is 2.20. The van der Waals surface area contributed by atoms with Crippen molar-refractivity contribution in [2.75, 3.05) is 0 Å². The van der Waals surface area contributed by atoms with E-state index in [4.69, 9.17) is 0 Å². The van der Waals surface area contributed by atoms with Gasteiger partial charge in [-0.3, -0.25) is 4.68 Å². The second-order valence-corrected chi connectivity index (χ2v) is 3.79. The summed E-state index contributed by atoms with van der Waals surface area (Å²) in [7, 11) is 0. The molecule has 1 aromatic carbocycles. The Morgan fingerprint density at radius 1 is 1.50 bits per heavy atom. The van der Waals surface area contributed by atoms with Crippen LogP contribution in [0.3, 0.4) is 0 Å². The van der Waals surface area contributed by atoms with Crippen LogP contribution in [0.4, 0.5) is 0 Å². The van der Waals surface area contributed by atoms with Gasteiger partial charge in [-0.05, 0) is 12.5 Å². The summed E-state index contributed by atoms with van der Waals surface area (Å²) in [6.07, 6.45) is 3.13. The molecule has 0 aliphatic carbocycles. The lowest BCUT2D eigenvalue weighted by Gasteiger charge is -2.12. The number of para-hydroxylation sites is 1. The minimum absolute atomic E-state index is 0.565. The van der Waals surface area contributed by atoms with Crippen LogP contribution in [0, 0.1) is 0 Å². The topological polar surface area (TPSA) is 55.1 Å². The van der Waals surface area contributed by atoms with E-state index in [2.05, 4.69) is 5.10 Å². The van der Waals surface area contributed by atoms with Crippen molar-refractivity contribution < 1.29 is 9.90 Å². The largest absolute Gasteiger partial charge is 0.480 e. The molecule has 0 aliphatic rings. The molecule has 1 N–H and O–H groups in total. The lowest BCUT2D eigenvalue weighted by Crippen LogP contribution is -2.19. The Labute approximate surface area is 93.5 Å². The average molecular weight is 218 g/mol. The molecule has 1 atom stereocenters. The van der Waals surface area contributed by atoms with Crippen molar-refractivity contribution in [3.05, 3.63) is 30.5 Å². The number of carboxylic acids is 1. The van der Waals surface area contributed by atoms with Gasteiger partial charge in [0.15, 0.2) is 0 Å². The van der Waals surface area contributed by atoms with Gasteiger partial charge >= 0.3 is 5.97 Å². The van der Waals surface area contributed by atoms with Crippen LogP contribution in [-0.4, -0.2) is 20.9 Å². The average Bonchev–Trinajstić information content (AvgIpc) is 2.69. The van der Waals surface area contributed by atoms with Gasteiger partial charge in [0, 0.05) is 5.39 Å². The SMILES string of the molecule is CCCC(C(=O)O)n1ncc2ccccc21. The van der Waals surface area contributed by atoms with Crippen LogP contribution in [0.25, 0.3) is 10.9 Å². The molecule has 0 radical (unpaired) electrons. The minimum Gasteiger partial charge on any atom is -0.480 e. The van der Waals surface area contributed by atoms with Gasteiger partial charge in [-0.25, -0.2) is 4.79 Å². The summed E-state index contributed by atoms with van der Waals surface area (Å²) >= 11 is 0. The van der Waals surface area contributed by atoms with Crippen LogP contribution in [0.1, 0.15) is 25.8 Å². The first-order chi connectivity index (χ1) is 7.74. The Hall–Kier alpha value is -1.84. The summed E-state index contributed by atoms with van der Waals surface area (Å²) < 4.78 is 1.60. The predicted octanol–water partition coefficient (Wildman–Crippen LogP) is 2.46. The van der Waals surface area contributed by atoms with E-state index in [0.717, 1.165) is 17.3 Å². The molecule has 1 aromatic heterocycles. The number of aromatic nitrogens is 2. The fraction of sp³-hybridized carbons (Fsp3) is 0.333. The lowest BCUT2D eigenvalue weighted by atomic mass is 10.1. The molecule has 0 saturated carbocycles. The molecule has 1 heterocycles. The van der Waals surface area contributed by atoms with Crippen molar-refractivity contribution >= 4 is 16.9 Å². The van der Waals surface area contributed by atoms with Gasteiger partial charge in [0.05, 0.1) is 11.7 Å². The zero-order valence-corrected chi connectivity index (χ0v) is 9.13. The zero-order valence-electron chi connectivity index (χ0n) is 9.13. The molecule has 0 fully saturated rings. The maximum atomic E-state index is 11.2. The number of aliphatic carboxylic acids is 1. The number of carbonyl (C=O) groups is 1. The monoisotopic (exact) mass is 218 g/mol. The molecule has 0 bridgehead atoms. The normalized spacial score (nSPS) is 12.8. The first-order valence-electron chi connectivity index (χ1n) is 5.39. The van der Waals surface area contributed by atoms with E-state index in [1.54, 1.807) is 10.9 Å². The summed E-state index contributed by atoms with van der Waals surface area (Å²) in [6.45, 7) is 1.97. The van der Waals surface area contributed by atoms with Crippen molar-refractivity contribution in [3.63, 3.8) is 0 Å². The lowest BCUT2D eigenvalue weighted by molar-refractivity contribution is -0.141. The van der Waals surface area contributed by atoms with Crippen molar-refractivity contribution in [2.45, 2.75) is 25.8 Å². The number of hydrogen-bond acceptors (Lipinski definition) is 2. The third kappa shape index (κ3) is 1.78. The number of hydrogen-bond donors (Lipinski definition) is 1. The Balaban J connectivity index is 2.48. The van der Waals surface area contributed by atoms with Crippen LogP contribution >= 0.6 is 0 Å². The quantitative estimate of drug-likeness (QED) is 0.857. The number of carboxylic acid groups (broad SMARTS) is 1. The molecule has 2 aromatic rings. The Morgan fingerprint density at radius 2 is 2.25 bits per heavy atom. The molecular formula is C12H14N2O2. The molecule has 4 heteroatoms. The maximum Gasteiger partial charge on any atom is 0.328 e. The predicted molar refractivity (Wildman–Crippen MR) is 61.3 cm³/mol. The number of benzene rings is 1. The van der Waals surface area contributed by atoms with E-state index in [0.29, 0.717) is 6.42 Å². The fourth-order valence-corrected chi connectivity index (χ4v) is 1.86. The van der Waals surface area contributed by atoms with Crippen LogP contribution in [0.15, 0.2) is 30.5 Å². The summed E-state index contributed by atoms with van der Waals surface area (Å²) in [5.74, 6) is -0.823. The van der Waals surface area contributed by atoms with Crippen LogP contribution < -0.4 is 0 Å². The summed E-state index contributed by atoms with van der Waals surface area (Å²) in [5.41, 5.74) is 0.878. The first kappa shape index (κ1) is 10.7. The molecule has 0 amide bonds. The Bertz CT molecular complexity index is 504. The van der Waals surface area contributed by atoms with Crippen molar-refractivity contribution in [3.8, 4) is 0 Å². The molecule has 1 unspecified atom stereocenters. The Morgan fingerprint density at radius 3 is 2.94 bits per heavy atom. The summed E-state index contributed by atoms with van der Waals surface area (Å²) in [5, 5.41) is 14.3. The standard InChI is InChI=1S/C12H14N2O2/c1-2-5-11(12(15)16)14-10-7-4-3-6-9(10)8-13-14/h3-4,6-8,11H,2,5H2,1H3,(H,15,16). The fourth-order valence-electron chi connectivity index (χ4n) is 1.86. The van der Waals surface area contributed by atoms with Crippen molar-refractivity contribution in [2.24, 2.45) is 0 Å². The van der Waals surface area contributed by atoms with E-state index in [1.165, 1.54) is 0 Å². The number of nitrogens with zero attached hydrogens (tertiary/aromatic N) is 2. The molecule has 0 aliphatic heterocycles. The second-order valence-electron chi connectivity index (χ2n) is 3.79. The molecule has 84 valence electrons. The second kappa shape index (κ2) is 4.35. The first-order valence-corrected chi connectivity index (χ1v) is 5.39. The van der Waals surface area contributed by atoms with Crippen molar-refractivity contribution in [1.82, 2.24) is 9.78 Å². The molecular weight excluding hydrogens is 204 g/mol. The van der Waals surface area contributed by atoms with Gasteiger partial charge in [0.25, 0.3) is 0 Å². The summed E-state index contributed by atoms with van der Waals surface area (Å²) in [4.78, 5) is 11.2. The maximum absolute atomic E-state index is 11.2. The molecule has 16 heavy (non-hydrogen) atoms. The van der Waals surface area contributed by atoms with Gasteiger partial charge in [-0.15, -0.1) is 0 Å².